The summed E-state index contributed by atoms with van der Waals surface area (Å²) in [6.45, 7) is 0.709. The number of amidine groups is 1. The van der Waals surface area contributed by atoms with Crippen LogP contribution in [0, 0.1) is 5.92 Å². The molecule has 1 aromatic rings. The first kappa shape index (κ1) is 16.4. The Labute approximate surface area is 155 Å². The summed E-state index contributed by atoms with van der Waals surface area (Å²) < 4.78 is 34.9. The summed E-state index contributed by atoms with van der Waals surface area (Å²) in [5, 5.41) is 0.601. The molecule has 0 radical (unpaired) electrons. The maximum absolute atomic E-state index is 12.2. The van der Waals surface area contributed by atoms with E-state index in [0.29, 0.717) is 23.2 Å². The maximum Gasteiger partial charge on any atom is 0.251 e. The van der Waals surface area contributed by atoms with Crippen LogP contribution in [0.15, 0.2) is 23.2 Å². The summed E-state index contributed by atoms with van der Waals surface area (Å²) in [6, 6.07) is 5.57. The number of carbonyl (C=O) groups is 1. The number of ether oxygens (including phenoxy) is 2. The van der Waals surface area contributed by atoms with Crippen LogP contribution in [-0.2, 0) is 21.2 Å². The molecule has 1 amide bonds. The standard InChI is InChI=1S/C17H18N2O5S2/c20-16(11-2-3-11)18-17-19(12-7-26(21,22)8-15(12)25-17)6-10-1-4-13-14(5-10)24-9-23-13/h1,4-5,11-12,15H,2-3,6-9H2/t12-,15-/m0/s1. The average Bonchev–Trinajstić information content (AvgIpc) is 3.18. The number of thioether (sulfide) groups is 1. The van der Waals surface area contributed by atoms with Crippen LogP contribution in [0.2, 0.25) is 0 Å². The molecular weight excluding hydrogens is 376 g/mol. The van der Waals surface area contributed by atoms with E-state index in [1.807, 2.05) is 23.1 Å². The Morgan fingerprint density at radius 3 is 2.85 bits per heavy atom. The molecular formula is C17H18N2O5S2. The Balaban J connectivity index is 1.44. The van der Waals surface area contributed by atoms with Crippen molar-refractivity contribution >= 4 is 32.7 Å². The Morgan fingerprint density at radius 2 is 2.04 bits per heavy atom. The van der Waals surface area contributed by atoms with E-state index in [-0.39, 0.29) is 41.4 Å². The average molecular weight is 394 g/mol. The predicted octanol–water partition coefficient (Wildman–Crippen LogP) is 1.42. The van der Waals surface area contributed by atoms with E-state index in [2.05, 4.69) is 4.99 Å². The van der Waals surface area contributed by atoms with Crippen LogP contribution in [0.5, 0.6) is 11.5 Å². The molecule has 0 bridgehead atoms. The summed E-state index contributed by atoms with van der Waals surface area (Å²) >= 11 is 1.43. The van der Waals surface area contributed by atoms with Crippen LogP contribution >= 0.6 is 11.8 Å². The summed E-state index contributed by atoms with van der Waals surface area (Å²) in [4.78, 5) is 18.5. The predicted molar refractivity (Wildman–Crippen MR) is 97.1 cm³/mol. The number of aliphatic imine (C=N–C) groups is 1. The van der Waals surface area contributed by atoms with Gasteiger partial charge in [0.05, 0.1) is 17.5 Å². The van der Waals surface area contributed by atoms with Crippen molar-refractivity contribution in [2.24, 2.45) is 10.9 Å². The molecule has 0 aromatic heterocycles. The normalized spacial score (nSPS) is 30.0. The number of rotatable bonds is 3. The fourth-order valence-corrected chi connectivity index (χ4v) is 7.53. The number of sulfone groups is 1. The second kappa shape index (κ2) is 5.88. The minimum absolute atomic E-state index is 0.0552. The van der Waals surface area contributed by atoms with Crippen molar-refractivity contribution in [1.29, 1.82) is 0 Å². The van der Waals surface area contributed by atoms with Gasteiger partial charge in [0.25, 0.3) is 5.91 Å². The first-order chi connectivity index (χ1) is 12.5. The first-order valence-electron chi connectivity index (χ1n) is 8.63. The van der Waals surface area contributed by atoms with Gasteiger partial charge in [-0.1, -0.05) is 17.8 Å². The van der Waals surface area contributed by atoms with Gasteiger partial charge in [-0.2, -0.15) is 4.99 Å². The van der Waals surface area contributed by atoms with Crippen LogP contribution in [0.3, 0.4) is 0 Å². The monoisotopic (exact) mass is 394 g/mol. The Bertz CT molecular complexity index is 910. The molecule has 9 heteroatoms. The molecule has 0 spiro atoms. The lowest BCUT2D eigenvalue weighted by Crippen LogP contribution is -2.37. The van der Waals surface area contributed by atoms with Crippen molar-refractivity contribution in [2.75, 3.05) is 18.3 Å². The third-order valence-corrected chi connectivity index (χ3v) is 8.34. The fraction of sp³-hybridized carbons (Fsp3) is 0.529. The molecule has 138 valence electrons. The highest BCUT2D eigenvalue weighted by Crippen LogP contribution is 2.41. The molecule has 0 unspecified atom stereocenters. The molecule has 7 nitrogen and oxygen atoms in total. The number of fused-ring (bicyclic) bond motifs is 2. The third kappa shape index (κ3) is 2.96. The van der Waals surface area contributed by atoms with Crippen molar-refractivity contribution in [2.45, 2.75) is 30.7 Å². The van der Waals surface area contributed by atoms with Gasteiger partial charge in [-0.25, -0.2) is 8.42 Å². The number of hydrogen-bond donors (Lipinski definition) is 0. The molecule has 3 heterocycles. The minimum Gasteiger partial charge on any atom is -0.454 e. The van der Waals surface area contributed by atoms with E-state index in [4.69, 9.17) is 9.47 Å². The van der Waals surface area contributed by atoms with Gasteiger partial charge in [0.2, 0.25) is 6.79 Å². The van der Waals surface area contributed by atoms with Crippen LogP contribution in [0.4, 0.5) is 0 Å². The van der Waals surface area contributed by atoms with Crippen molar-refractivity contribution in [1.82, 2.24) is 4.90 Å². The van der Waals surface area contributed by atoms with Gasteiger partial charge in [0, 0.05) is 17.7 Å². The number of carbonyl (C=O) groups excluding carboxylic acids is 1. The molecule has 1 aliphatic carbocycles. The van der Waals surface area contributed by atoms with Crippen LogP contribution in [-0.4, -0.2) is 54.0 Å². The number of nitrogens with zero attached hydrogens (tertiary/aromatic N) is 2. The first-order valence-corrected chi connectivity index (χ1v) is 11.3. The van der Waals surface area contributed by atoms with Gasteiger partial charge < -0.3 is 14.4 Å². The van der Waals surface area contributed by atoms with Gasteiger partial charge in [0.1, 0.15) is 0 Å². The lowest BCUT2D eigenvalue weighted by molar-refractivity contribution is -0.118. The molecule has 1 aromatic carbocycles. The second-order valence-corrected chi connectivity index (χ2v) is 10.5. The Hall–Kier alpha value is -1.74. The van der Waals surface area contributed by atoms with Gasteiger partial charge in [0.15, 0.2) is 26.5 Å². The topological polar surface area (TPSA) is 85.3 Å². The summed E-state index contributed by atoms with van der Waals surface area (Å²) in [5.74, 6) is 1.65. The van der Waals surface area contributed by atoms with Crippen LogP contribution in [0.25, 0.3) is 0 Å². The molecule has 3 aliphatic heterocycles. The summed E-state index contributed by atoms with van der Waals surface area (Å²) in [7, 11) is -3.04. The fourth-order valence-electron chi connectivity index (χ4n) is 3.57. The number of benzene rings is 1. The SMILES string of the molecule is O=C(N=C1S[C@H]2CS(=O)(=O)C[C@@H]2N1Cc1ccc2c(c1)OCO2)C1CC1. The maximum atomic E-state index is 12.2. The molecule has 2 saturated heterocycles. The zero-order valence-corrected chi connectivity index (χ0v) is 15.6. The molecule has 3 fully saturated rings. The van der Waals surface area contributed by atoms with Gasteiger partial charge in [-0.3, -0.25) is 4.79 Å². The summed E-state index contributed by atoms with van der Waals surface area (Å²) in [6.07, 6.45) is 1.81. The minimum atomic E-state index is -3.04. The van der Waals surface area contributed by atoms with E-state index in [1.165, 1.54) is 11.8 Å². The lowest BCUT2D eigenvalue weighted by Gasteiger charge is -2.24. The van der Waals surface area contributed by atoms with E-state index < -0.39 is 9.84 Å². The van der Waals surface area contributed by atoms with E-state index >= 15 is 0 Å². The van der Waals surface area contributed by atoms with E-state index in [0.717, 1.165) is 18.4 Å². The lowest BCUT2D eigenvalue weighted by atomic mass is 10.1. The zero-order chi connectivity index (χ0) is 17.9. The molecule has 0 N–H and O–H groups in total. The third-order valence-electron chi connectivity index (χ3n) is 5.10. The van der Waals surface area contributed by atoms with Crippen molar-refractivity contribution in [3.8, 4) is 11.5 Å². The molecule has 2 atom stereocenters. The molecule has 26 heavy (non-hydrogen) atoms. The van der Waals surface area contributed by atoms with Crippen molar-refractivity contribution < 1.29 is 22.7 Å². The largest absolute Gasteiger partial charge is 0.454 e. The van der Waals surface area contributed by atoms with Crippen LogP contribution < -0.4 is 9.47 Å². The summed E-state index contributed by atoms with van der Waals surface area (Å²) in [5.41, 5.74) is 0.978. The highest BCUT2D eigenvalue weighted by Gasteiger charge is 2.49. The van der Waals surface area contributed by atoms with Gasteiger partial charge in [-0.15, -0.1) is 0 Å². The smallest absolute Gasteiger partial charge is 0.251 e. The highest BCUT2D eigenvalue weighted by atomic mass is 32.2. The molecule has 4 aliphatic rings. The van der Waals surface area contributed by atoms with Gasteiger partial charge >= 0.3 is 0 Å². The quantitative estimate of drug-likeness (QED) is 0.766. The number of amides is 1. The number of hydrogen-bond acceptors (Lipinski definition) is 6. The second-order valence-electron chi connectivity index (χ2n) is 7.12. The van der Waals surface area contributed by atoms with Gasteiger partial charge in [-0.05, 0) is 30.5 Å². The van der Waals surface area contributed by atoms with E-state index in [1.54, 1.807) is 0 Å². The van der Waals surface area contributed by atoms with Crippen molar-refractivity contribution in [3.63, 3.8) is 0 Å². The van der Waals surface area contributed by atoms with Crippen LogP contribution in [0.1, 0.15) is 18.4 Å². The zero-order valence-electron chi connectivity index (χ0n) is 14.0. The molecule has 1 saturated carbocycles. The Kier molecular flexibility index (Phi) is 3.72. The highest BCUT2D eigenvalue weighted by molar-refractivity contribution is 8.15. The van der Waals surface area contributed by atoms with Crippen molar-refractivity contribution in [3.05, 3.63) is 23.8 Å². The van der Waals surface area contributed by atoms with E-state index in [9.17, 15) is 13.2 Å². The molecule has 5 rings (SSSR count). The Morgan fingerprint density at radius 1 is 1.23 bits per heavy atom.